The molecule has 29 nitrogen and oxygen atoms in total. The number of alkyl halides is 3. The zero-order chi connectivity index (χ0) is 88.6. The van der Waals surface area contributed by atoms with Gasteiger partial charge in [0.1, 0.15) is 9.79 Å². The lowest BCUT2D eigenvalue weighted by Crippen LogP contribution is -2.14. The predicted octanol–water partition coefficient (Wildman–Crippen LogP) is 17.3. The monoisotopic (exact) mass is 1810 g/mol. The summed E-state index contributed by atoms with van der Waals surface area (Å²) < 4.78 is 157. The second-order valence-electron chi connectivity index (χ2n) is 31.1. The van der Waals surface area contributed by atoms with Gasteiger partial charge >= 0.3 is 6.18 Å². The molecule has 4 aliphatic carbocycles. The fourth-order valence-electron chi connectivity index (χ4n) is 14.8. The number of sulfonamides is 4. The topological polar surface area (TPSA) is 424 Å². The summed E-state index contributed by atoms with van der Waals surface area (Å²) in [6.07, 6.45) is 7.16. The van der Waals surface area contributed by atoms with Crippen LogP contribution in [0.25, 0.3) is 88.6 Å². The van der Waals surface area contributed by atoms with Crippen LogP contribution in [0.3, 0.4) is 0 Å². The maximum Gasteiger partial charge on any atom is 0.416 e. The first-order valence-corrected chi connectivity index (χ1v) is 46.4. The summed E-state index contributed by atoms with van der Waals surface area (Å²) in [5, 5.41) is 20.6. The Bertz CT molecular complexity index is 7220. The number of aryl methyl sites for hydroxylation is 4. The van der Waals surface area contributed by atoms with E-state index in [1.807, 2.05) is 63.6 Å². The van der Waals surface area contributed by atoms with Crippen molar-refractivity contribution in [1.29, 1.82) is 0 Å². The molecule has 16 aromatic rings. The Morgan fingerprint density at radius 3 is 0.976 bits per heavy atom. The smallest absolute Gasteiger partial charge is 0.382 e. The van der Waals surface area contributed by atoms with E-state index in [0.717, 1.165) is 170 Å². The number of rotatable bonds is 20. The minimum absolute atomic E-state index is 0.0166. The van der Waals surface area contributed by atoms with Gasteiger partial charge in [0, 0.05) is 110 Å². The molecule has 12 N–H and O–H groups in total. The molecule has 0 bridgehead atoms. The SMILES string of the molecule is Cn1nc(N)c2c(-c3ccc(NS(=O)(=O)c4cccc(C(F)(F)F)c4)cc3)cc(C3CC3)nc21.Cn1nc(N)c2c(-c3ccc(NS(=O)(=O)c4cccc(Cl)c4Cl)cc3)cc(C3CC3)nc21.Cn1nc(N)c2c(-c3ccc(NS(=O)(=O)c4ccccc4)cc3)cc(C3CC3)nc21.Cn1nc(N)c2c(-c3ccc(NS(=O)(=O)c4cccnc4)cc3)cc(C3CC3)nc21. The molecule has 4 saturated carbocycles. The summed E-state index contributed by atoms with van der Waals surface area (Å²) in [7, 11) is -8.17. The highest BCUT2D eigenvalue weighted by molar-refractivity contribution is 7.93. The Kier molecular flexibility index (Phi) is 22.5. The molecule has 7 aromatic carbocycles. The normalized spacial score (nSPS) is 14.2. The second kappa shape index (κ2) is 33.3. The van der Waals surface area contributed by atoms with Gasteiger partial charge in [-0.3, -0.25) is 23.9 Å². The third kappa shape index (κ3) is 17.9. The molecule has 4 fully saturated rings. The van der Waals surface area contributed by atoms with Crippen LogP contribution >= 0.6 is 23.2 Å². The van der Waals surface area contributed by atoms with Crippen LogP contribution in [0.5, 0.6) is 0 Å². The number of nitrogen functional groups attached to an aromatic ring is 4. The molecule has 0 atom stereocenters. The average molecular weight is 1820 g/mol. The minimum atomic E-state index is -4.64. The van der Waals surface area contributed by atoms with Gasteiger partial charge in [-0.1, -0.05) is 102 Å². The molecule has 0 saturated heterocycles. The van der Waals surface area contributed by atoms with Crippen LogP contribution in [0, 0.1) is 0 Å². The van der Waals surface area contributed by atoms with Gasteiger partial charge in [-0.2, -0.15) is 33.6 Å². The van der Waals surface area contributed by atoms with Gasteiger partial charge in [-0.05, 0) is 223 Å². The van der Waals surface area contributed by atoms with E-state index in [9.17, 15) is 46.8 Å². The van der Waals surface area contributed by atoms with Gasteiger partial charge in [0.05, 0.1) is 46.9 Å². The van der Waals surface area contributed by atoms with Crippen LogP contribution in [-0.2, 0) is 74.5 Å². The lowest BCUT2D eigenvalue weighted by Gasteiger charge is -2.12. The average Bonchev–Trinajstić information content (AvgIpc) is 1.63. The maximum atomic E-state index is 13.0. The predicted molar refractivity (Wildman–Crippen MR) is 483 cm³/mol. The van der Waals surface area contributed by atoms with Crippen LogP contribution in [0.15, 0.2) is 238 Å². The summed E-state index contributed by atoms with van der Waals surface area (Å²) in [6, 6.07) is 55.8. The highest BCUT2D eigenvalue weighted by atomic mass is 35.5. The number of aromatic nitrogens is 13. The van der Waals surface area contributed by atoms with Gasteiger partial charge in [-0.15, -0.1) is 0 Å². The maximum absolute atomic E-state index is 13.0. The number of nitrogens with one attached hydrogen (secondary N) is 4. The lowest BCUT2D eigenvalue weighted by atomic mass is 10.0. The molecule has 126 heavy (non-hydrogen) atoms. The third-order valence-corrected chi connectivity index (χ3v) is 28.3. The van der Waals surface area contributed by atoms with Crippen molar-refractivity contribution in [3.05, 3.63) is 257 Å². The molecule has 38 heteroatoms. The van der Waals surface area contributed by atoms with E-state index in [0.29, 0.717) is 81.1 Å². The van der Waals surface area contributed by atoms with Gasteiger partial charge in [-0.25, -0.2) is 72.3 Å². The Balaban J connectivity index is 0.000000119. The molecule has 0 spiro atoms. The van der Waals surface area contributed by atoms with Crippen LogP contribution in [0.4, 0.5) is 59.2 Å². The summed E-state index contributed by atoms with van der Waals surface area (Å²) >= 11 is 12.1. The lowest BCUT2D eigenvalue weighted by molar-refractivity contribution is -0.137. The first-order valence-electron chi connectivity index (χ1n) is 39.7. The summed E-state index contributed by atoms with van der Waals surface area (Å²) in [5.74, 6) is 3.45. The fraction of sp³-hybridized carbons (Fsp3) is 0.193. The number of hydrogen-bond donors (Lipinski definition) is 8. The van der Waals surface area contributed by atoms with Crippen LogP contribution in [0.1, 0.15) is 103 Å². The molecule has 0 unspecified atom stereocenters. The van der Waals surface area contributed by atoms with Crippen molar-refractivity contribution in [2.24, 2.45) is 28.2 Å². The largest absolute Gasteiger partial charge is 0.416 e. The summed E-state index contributed by atoms with van der Waals surface area (Å²) in [4.78, 5) is 22.7. The van der Waals surface area contributed by atoms with Crippen molar-refractivity contribution in [2.45, 2.75) is 101 Å². The van der Waals surface area contributed by atoms with Crippen LogP contribution < -0.4 is 41.8 Å². The van der Waals surface area contributed by atoms with Crippen molar-refractivity contribution in [2.75, 3.05) is 41.8 Å². The number of halogens is 5. The number of anilines is 8. The zero-order valence-corrected chi connectivity index (χ0v) is 72.4. The molecular formula is C88H80Cl2F3N21O8S4. The van der Waals surface area contributed by atoms with E-state index in [2.05, 4.69) is 62.5 Å². The number of nitrogens with zero attached hydrogens (tertiary/aromatic N) is 13. The Morgan fingerprint density at radius 2 is 0.659 bits per heavy atom. The first kappa shape index (κ1) is 84.9. The van der Waals surface area contributed by atoms with Gasteiger partial charge < -0.3 is 22.9 Å². The van der Waals surface area contributed by atoms with Crippen molar-refractivity contribution < 1.29 is 46.8 Å². The van der Waals surface area contributed by atoms with Crippen LogP contribution in [0.2, 0.25) is 10.0 Å². The van der Waals surface area contributed by atoms with Gasteiger partial charge in [0.25, 0.3) is 40.1 Å². The molecule has 20 rings (SSSR count). The summed E-state index contributed by atoms with van der Waals surface area (Å²) in [6.45, 7) is 0. The van der Waals surface area contributed by atoms with E-state index in [4.69, 9.17) is 66.1 Å². The fourth-order valence-corrected chi connectivity index (χ4v) is 19.8. The molecule has 9 aromatic heterocycles. The number of benzene rings is 7. The Labute approximate surface area is 731 Å². The third-order valence-electron chi connectivity index (χ3n) is 21.8. The zero-order valence-electron chi connectivity index (χ0n) is 67.7. The van der Waals surface area contributed by atoms with Crippen molar-refractivity contribution >= 4 is 153 Å². The standard InChI is InChI=1S/C23H20F3N5O2S.C22H19Cl2N5O2S.C22H21N5O2S.C21H20N6O2S/c1-31-22-20(21(27)29-31)18(12-19(28-22)14-5-6-14)13-7-9-16(10-8-13)30-34(32,33)17-4-2-3-15(11-17)23(24,25)26;1-29-22-19(21(25)27-29)15(11-17(26-22)13-5-6-13)12-7-9-14(10-8-12)28-32(30,31)18-4-2-3-16(23)20(18)24;1-27-22-20(21(23)25-27)18(13-19(24-22)15-7-8-15)14-9-11-16(12-10-14)26-30(28,29)17-5-3-2-4-6-17;1-27-21-19(20(22)25-27)17(11-18(24-21)14-4-5-14)13-6-8-15(9-7-13)26-30(28,29)16-3-2-10-23-12-16/h2-4,7-12,14,30H,5-6H2,1H3,(H2,27,29);2-4,7-11,13,28H,5-6H2,1H3,(H2,25,27);2-6,9-13,15,26H,7-8H2,1H3,(H2,23,25);2-3,6-12,14,26H,4-5H2,1H3,(H2,22,25). The molecular weight excluding hydrogens is 1740 g/mol. The summed E-state index contributed by atoms with van der Waals surface area (Å²) in [5.41, 5.74) is 39.4. The van der Waals surface area contributed by atoms with Crippen LogP contribution in [-0.4, -0.2) is 97.7 Å². The molecule has 9 heterocycles. The van der Waals surface area contributed by atoms with Crippen molar-refractivity contribution in [1.82, 2.24) is 64.0 Å². The highest BCUT2D eigenvalue weighted by Gasteiger charge is 2.35. The van der Waals surface area contributed by atoms with Gasteiger partial charge in [0.15, 0.2) is 45.9 Å². The molecule has 0 aliphatic heterocycles. The number of fused-ring (bicyclic) bond motifs is 4. The van der Waals surface area contributed by atoms with E-state index < -0.39 is 56.7 Å². The number of nitrogens with two attached hydrogens (primary N) is 4. The number of hydrogen-bond acceptors (Lipinski definition) is 21. The van der Waals surface area contributed by atoms with Gasteiger partial charge in [0.2, 0.25) is 0 Å². The number of pyridine rings is 5. The molecule has 0 amide bonds. The Hall–Kier alpha value is -13.3. The highest BCUT2D eigenvalue weighted by Crippen LogP contribution is 2.48. The van der Waals surface area contributed by atoms with Crippen molar-refractivity contribution in [3.63, 3.8) is 0 Å². The van der Waals surface area contributed by atoms with Crippen molar-refractivity contribution in [3.8, 4) is 44.5 Å². The molecule has 0 radical (unpaired) electrons. The van der Waals surface area contributed by atoms with E-state index in [-0.39, 0.29) is 30.4 Å². The molecule has 4 aliphatic rings. The molecule has 644 valence electrons. The first-order chi connectivity index (χ1) is 60.1. The van der Waals surface area contributed by atoms with E-state index in [1.165, 1.54) is 36.7 Å². The van der Waals surface area contributed by atoms with E-state index >= 15 is 0 Å². The minimum Gasteiger partial charge on any atom is -0.382 e. The Morgan fingerprint density at radius 1 is 0.357 bits per heavy atom. The van der Waals surface area contributed by atoms with E-state index in [1.54, 1.807) is 123 Å². The second-order valence-corrected chi connectivity index (χ2v) is 38.6. The quantitative estimate of drug-likeness (QED) is 0.0351.